The minimum atomic E-state index is 0.182. The van der Waals surface area contributed by atoms with Gasteiger partial charge in [-0.2, -0.15) is 4.98 Å². The Hall–Kier alpha value is -3.82. The predicted octanol–water partition coefficient (Wildman–Crippen LogP) is 3.20. The first-order valence-corrected chi connectivity index (χ1v) is 10.7. The second kappa shape index (κ2) is 10.2. The molecule has 0 amide bonds. The van der Waals surface area contributed by atoms with E-state index in [0.29, 0.717) is 16.1 Å². The van der Waals surface area contributed by atoms with Crippen LogP contribution >= 0.6 is 11.6 Å². The monoisotopic (exact) mass is 464 g/mol. The molecule has 2 aromatic carbocycles. The Labute approximate surface area is 196 Å². The molecule has 0 bridgehead atoms. The third kappa shape index (κ3) is 5.16. The molecule has 170 valence electrons. The number of benzene rings is 2. The Balaban J connectivity index is 1.50. The molecule has 0 aliphatic heterocycles. The molecule has 2 heterocycles. The maximum absolute atomic E-state index is 6.33. The Morgan fingerprint density at radius 2 is 1.88 bits per heavy atom. The van der Waals surface area contributed by atoms with Crippen LogP contribution in [0.2, 0.25) is 5.02 Å². The average molecular weight is 465 g/mol. The number of hydrogen-bond acceptors (Lipinski definition) is 7. The molecule has 0 atom stereocenters. The molecular formula is C23H25ClN8O. The van der Waals surface area contributed by atoms with E-state index in [0.717, 1.165) is 24.5 Å². The number of halogens is 1. The van der Waals surface area contributed by atoms with Gasteiger partial charge in [-0.1, -0.05) is 54.1 Å². The molecule has 4 aromatic rings. The minimum Gasteiger partial charge on any atom is -0.458 e. The van der Waals surface area contributed by atoms with E-state index < -0.39 is 0 Å². The van der Waals surface area contributed by atoms with Gasteiger partial charge >= 0.3 is 6.01 Å². The van der Waals surface area contributed by atoms with Crippen molar-refractivity contribution in [2.45, 2.75) is 13.0 Å². The first-order chi connectivity index (χ1) is 16.1. The number of ether oxygens (including phenoxy) is 1. The maximum Gasteiger partial charge on any atom is 0.305 e. The lowest BCUT2D eigenvalue weighted by atomic mass is 10.1. The number of nitrogens with two attached hydrogens (primary N) is 2. The first-order valence-electron chi connectivity index (χ1n) is 10.4. The molecule has 0 unspecified atom stereocenters. The summed E-state index contributed by atoms with van der Waals surface area (Å²) in [6.45, 7) is 0.954. The largest absolute Gasteiger partial charge is 0.458 e. The number of anilines is 1. The van der Waals surface area contributed by atoms with Crippen LogP contribution in [0.3, 0.4) is 0 Å². The number of hydrazine groups is 1. The smallest absolute Gasteiger partial charge is 0.305 e. The molecule has 0 spiro atoms. The lowest BCUT2D eigenvalue weighted by molar-refractivity contribution is 0.273. The van der Waals surface area contributed by atoms with Crippen molar-refractivity contribution in [2.24, 2.45) is 16.8 Å². The molecule has 0 saturated heterocycles. The average Bonchev–Trinajstić information content (AvgIpc) is 3.19. The normalized spacial score (nSPS) is 11.5. The molecule has 10 heteroatoms. The zero-order valence-corrected chi connectivity index (χ0v) is 18.9. The molecule has 0 radical (unpaired) electrons. The highest BCUT2D eigenvalue weighted by molar-refractivity contribution is 6.35. The number of para-hydroxylation sites is 1. The van der Waals surface area contributed by atoms with Gasteiger partial charge < -0.3 is 15.9 Å². The van der Waals surface area contributed by atoms with Crippen molar-refractivity contribution < 1.29 is 4.74 Å². The summed E-state index contributed by atoms with van der Waals surface area (Å²) < 4.78 is 7.62. The van der Waals surface area contributed by atoms with Gasteiger partial charge in [0.1, 0.15) is 17.9 Å². The topological polar surface area (TPSA) is 120 Å². The summed E-state index contributed by atoms with van der Waals surface area (Å²) in [5.74, 6) is 12.5. The fourth-order valence-corrected chi connectivity index (χ4v) is 3.63. The Morgan fingerprint density at radius 3 is 2.64 bits per heavy atom. The Morgan fingerprint density at radius 1 is 1.09 bits per heavy atom. The van der Waals surface area contributed by atoms with Crippen LogP contribution in [-0.4, -0.2) is 39.1 Å². The van der Waals surface area contributed by atoms with Crippen molar-refractivity contribution in [3.05, 3.63) is 83.0 Å². The van der Waals surface area contributed by atoms with Crippen molar-refractivity contribution in [2.75, 3.05) is 18.9 Å². The number of imidazole rings is 1. The summed E-state index contributed by atoms with van der Waals surface area (Å²) in [6.07, 6.45) is 0.905. The predicted molar refractivity (Wildman–Crippen MR) is 131 cm³/mol. The summed E-state index contributed by atoms with van der Waals surface area (Å²) >= 11 is 6.33. The highest BCUT2D eigenvalue weighted by Crippen LogP contribution is 2.28. The number of pyridine rings is 1. The molecule has 0 aliphatic rings. The number of fused-ring (bicyclic) bond motifs is 1. The SMILES string of the molecule is CN(N)/C(=N\N)n1c(OCc2cccc(NCCc3ccccc3)n2)nc2c(Cl)cccc21. The van der Waals surface area contributed by atoms with Gasteiger partial charge in [0.2, 0.25) is 5.96 Å². The molecule has 0 saturated carbocycles. The summed E-state index contributed by atoms with van der Waals surface area (Å²) in [4.78, 5) is 9.16. The fraction of sp³-hybridized carbons (Fsp3) is 0.174. The van der Waals surface area contributed by atoms with Gasteiger partial charge in [0.25, 0.3) is 0 Å². The number of nitrogens with one attached hydrogen (secondary N) is 1. The summed E-state index contributed by atoms with van der Waals surface area (Å²) in [6, 6.07) is 21.7. The quantitative estimate of drug-likeness (QED) is 0.166. The molecular weight excluding hydrogens is 440 g/mol. The Bertz CT molecular complexity index is 1260. The second-order valence-electron chi connectivity index (χ2n) is 7.34. The van der Waals surface area contributed by atoms with E-state index in [-0.39, 0.29) is 18.6 Å². The summed E-state index contributed by atoms with van der Waals surface area (Å²) in [5.41, 5.74) is 3.23. The van der Waals surface area contributed by atoms with Gasteiger partial charge in [0, 0.05) is 13.6 Å². The van der Waals surface area contributed by atoms with Gasteiger partial charge in [0.05, 0.1) is 16.2 Å². The van der Waals surface area contributed by atoms with Gasteiger partial charge in [-0.25, -0.2) is 15.4 Å². The second-order valence-corrected chi connectivity index (χ2v) is 7.75. The lowest BCUT2D eigenvalue weighted by Gasteiger charge is -2.17. The van der Waals surface area contributed by atoms with Crippen LogP contribution in [0.1, 0.15) is 11.3 Å². The number of nitrogens with zero attached hydrogens (tertiary/aromatic N) is 5. The summed E-state index contributed by atoms with van der Waals surface area (Å²) in [5, 5.41) is 8.90. The van der Waals surface area contributed by atoms with E-state index in [9.17, 15) is 0 Å². The van der Waals surface area contributed by atoms with E-state index in [4.69, 9.17) is 28.0 Å². The summed E-state index contributed by atoms with van der Waals surface area (Å²) in [7, 11) is 1.62. The first kappa shape index (κ1) is 22.4. The highest BCUT2D eigenvalue weighted by Gasteiger charge is 2.20. The minimum absolute atomic E-state index is 0.182. The molecule has 33 heavy (non-hydrogen) atoms. The molecule has 0 aliphatic carbocycles. The van der Waals surface area contributed by atoms with E-state index in [1.807, 2.05) is 48.5 Å². The third-order valence-corrected chi connectivity index (χ3v) is 5.26. The van der Waals surface area contributed by atoms with Crippen LogP contribution < -0.4 is 21.7 Å². The van der Waals surface area contributed by atoms with Gasteiger partial charge in [-0.15, -0.1) is 5.10 Å². The maximum atomic E-state index is 6.33. The van der Waals surface area contributed by atoms with Crippen LogP contribution in [0.25, 0.3) is 11.0 Å². The van der Waals surface area contributed by atoms with Gasteiger partial charge in [-0.05, 0) is 36.2 Å². The van der Waals surface area contributed by atoms with E-state index in [2.05, 4.69) is 32.5 Å². The molecule has 2 aromatic heterocycles. The highest BCUT2D eigenvalue weighted by atomic mass is 35.5. The van der Waals surface area contributed by atoms with Crippen molar-refractivity contribution in [3.63, 3.8) is 0 Å². The van der Waals surface area contributed by atoms with Crippen LogP contribution in [-0.2, 0) is 13.0 Å². The number of rotatable bonds is 7. The van der Waals surface area contributed by atoms with Gasteiger partial charge in [0.15, 0.2) is 0 Å². The number of aromatic nitrogens is 3. The van der Waals surface area contributed by atoms with E-state index in [1.165, 1.54) is 10.6 Å². The standard InChI is InChI=1S/C23H25ClN8O/c1-31(26)22(30-25)32-19-11-6-10-18(24)21(19)29-23(32)33-15-17-9-5-12-20(28-17)27-14-13-16-7-3-2-4-8-16/h2-12H,13-15,25-26H2,1H3,(H,27,28)/b30-22+. The van der Waals surface area contributed by atoms with Crippen LogP contribution in [0.15, 0.2) is 71.8 Å². The zero-order chi connectivity index (χ0) is 23.2. The van der Waals surface area contributed by atoms with Crippen molar-refractivity contribution in [3.8, 4) is 6.01 Å². The van der Waals surface area contributed by atoms with Crippen LogP contribution in [0, 0.1) is 0 Å². The number of hydrazone groups is 1. The van der Waals surface area contributed by atoms with Crippen molar-refractivity contribution >= 4 is 34.4 Å². The Kier molecular flexibility index (Phi) is 6.92. The molecule has 0 fully saturated rings. The molecule has 5 N–H and O–H groups in total. The van der Waals surface area contributed by atoms with Crippen molar-refractivity contribution in [1.82, 2.24) is 19.5 Å². The number of hydrogen-bond donors (Lipinski definition) is 3. The lowest BCUT2D eigenvalue weighted by Crippen LogP contribution is -2.39. The van der Waals surface area contributed by atoms with E-state index >= 15 is 0 Å². The zero-order valence-electron chi connectivity index (χ0n) is 18.1. The van der Waals surface area contributed by atoms with Crippen molar-refractivity contribution in [1.29, 1.82) is 0 Å². The molecule has 4 rings (SSSR count). The van der Waals surface area contributed by atoms with Crippen LogP contribution in [0.4, 0.5) is 5.82 Å². The third-order valence-electron chi connectivity index (χ3n) is 4.95. The molecule has 9 nitrogen and oxygen atoms in total. The van der Waals surface area contributed by atoms with Crippen LogP contribution in [0.5, 0.6) is 6.01 Å². The van der Waals surface area contributed by atoms with Gasteiger partial charge in [-0.3, -0.25) is 5.01 Å². The van der Waals surface area contributed by atoms with E-state index in [1.54, 1.807) is 17.7 Å². The fourth-order valence-electron chi connectivity index (χ4n) is 3.42.